The molecule has 5 nitrogen and oxygen atoms in total. The minimum atomic E-state index is -0.394. The Bertz CT molecular complexity index is 480. The van der Waals surface area contributed by atoms with Gasteiger partial charge in [-0.05, 0) is 32.1 Å². The van der Waals surface area contributed by atoms with Crippen molar-refractivity contribution in [1.29, 1.82) is 0 Å². The summed E-state index contributed by atoms with van der Waals surface area (Å²) in [6.45, 7) is 5.43. The fourth-order valence-electron chi connectivity index (χ4n) is 2.69. The Morgan fingerprint density at radius 2 is 2.35 bits per heavy atom. The lowest BCUT2D eigenvalue weighted by molar-refractivity contribution is -0.138. The van der Waals surface area contributed by atoms with E-state index in [2.05, 4.69) is 29.4 Å². The standard InChI is InChI=1S/C15H20N2O3/c1-3-9-20-14(18)12-10(2)16-15(19)17-13(12)11-7-5-4-6-8-11/h3-5,11,13H,1,6-9H2,2H3,(H2,16,17,19)/t11-,13-/m0/s1. The summed E-state index contributed by atoms with van der Waals surface area (Å²) in [4.78, 5) is 23.9. The molecule has 0 bridgehead atoms. The van der Waals surface area contributed by atoms with Crippen molar-refractivity contribution >= 4 is 12.0 Å². The number of esters is 1. The number of nitrogens with one attached hydrogen (secondary N) is 2. The van der Waals surface area contributed by atoms with E-state index in [-0.39, 0.29) is 24.6 Å². The van der Waals surface area contributed by atoms with Crippen LogP contribution in [0.3, 0.4) is 0 Å². The topological polar surface area (TPSA) is 67.4 Å². The van der Waals surface area contributed by atoms with E-state index in [4.69, 9.17) is 4.74 Å². The number of carbonyl (C=O) groups excluding carboxylic acids is 2. The third-order valence-electron chi connectivity index (χ3n) is 3.64. The zero-order valence-electron chi connectivity index (χ0n) is 11.6. The molecule has 20 heavy (non-hydrogen) atoms. The monoisotopic (exact) mass is 276 g/mol. The van der Waals surface area contributed by atoms with Gasteiger partial charge in [0.05, 0.1) is 11.6 Å². The van der Waals surface area contributed by atoms with Gasteiger partial charge in [0.15, 0.2) is 0 Å². The van der Waals surface area contributed by atoms with Crippen LogP contribution in [0.15, 0.2) is 36.1 Å². The molecule has 0 unspecified atom stereocenters. The summed E-state index contributed by atoms with van der Waals surface area (Å²) >= 11 is 0. The van der Waals surface area contributed by atoms with E-state index in [1.807, 2.05) is 0 Å². The van der Waals surface area contributed by atoms with Crippen LogP contribution in [0.2, 0.25) is 0 Å². The van der Waals surface area contributed by atoms with Crippen LogP contribution >= 0.6 is 0 Å². The molecule has 1 aliphatic carbocycles. The fourth-order valence-corrected chi connectivity index (χ4v) is 2.69. The van der Waals surface area contributed by atoms with Gasteiger partial charge in [-0.3, -0.25) is 0 Å². The fraction of sp³-hybridized carbons (Fsp3) is 0.467. The molecule has 0 aromatic heterocycles. The Balaban J connectivity index is 2.23. The van der Waals surface area contributed by atoms with Crippen molar-refractivity contribution in [1.82, 2.24) is 10.6 Å². The summed E-state index contributed by atoms with van der Waals surface area (Å²) < 4.78 is 5.13. The predicted molar refractivity (Wildman–Crippen MR) is 75.8 cm³/mol. The molecule has 1 aliphatic heterocycles. The summed E-state index contributed by atoms with van der Waals surface area (Å²) in [7, 11) is 0. The van der Waals surface area contributed by atoms with Crippen LogP contribution in [0.4, 0.5) is 4.79 Å². The third-order valence-corrected chi connectivity index (χ3v) is 3.64. The number of urea groups is 1. The molecule has 0 radical (unpaired) electrons. The first kappa shape index (κ1) is 14.4. The van der Waals surface area contributed by atoms with Gasteiger partial charge in [0, 0.05) is 5.70 Å². The highest BCUT2D eigenvalue weighted by molar-refractivity contribution is 5.94. The molecular weight excluding hydrogens is 256 g/mol. The van der Waals surface area contributed by atoms with E-state index in [9.17, 15) is 9.59 Å². The lowest BCUT2D eigenvalue weighted by atomic mass is 9.82. The maximum Gasteiger partial charge on any atom is 0.338 e. The van der Waals surface area contributed by atoms with Crippen molar-refractivity contribution in [2.24, 2.45) is 5.92 Å². The second kappa shape index (κ2) is 6.41. The van der Waals surface area contributed by atoms with Crippen molar-refractivity contribution in [3.63, 3.8) is 0 Å². The van der Waals surface area contributed by atoms with Crippen molar-refractivity contribution in [3.05, 3.63) is 36.1 Å². The molecule has 0 saturated carbocycles. The number of ether oxygens (including phenoxy) is 1. The van der Waals surface area contributed by atoms with Gasteiger partial charge in [-0.25, -0.2) is 9.59 Å². The maximum absolute atomic E-state index is 12.2. The third kappa shape index (κ3) is 3.10. The highest BCUT2D eigenvalue weighted by Crippen LogP contribution is 2.29. The normalized spacial score (nSPS) is 25.8. The molecule has 0 aromatic rings. The van der Waals surface area contributed by atoms with Crippen LogP contribution in [-0.2, 0) is 9.53 Å². The first-order valence-electron chi connectivity index (χ1n) is 6.84. The second-order valence-corrected chi connectivity index (χ2v) is 5.05. The average molecular weight is 276 g/mol. The molecule has 0 fully saturated rings. The summed E-state index contributed by atoms with van der Waals surface area (Å²) in [5.41, 5.74) is 1.09. The van der Waals surface area contributed by atoms with E-state index < -0.39 is 5.97 Å². The first-order chi connectivity index (χ1) is 9.63. The van der Waals surface area contributed by atoms with Crippen molar-refractivity contribution < 1.29 is 14.3 Å². The van der Waals surface area contributed by atoms with Crippen LogP contribution in [-0.4, -0.2) is 24.6 Å². The Morgan fingerprint density at radius 1 is 1.55 bits per heavy atom. The molecular formula is C15H20N2O3. The van der Waals surface area contributed by atoms with E-state index in [0.29, 0.717) is 11.3 Å². The quantitative estimate of drug-likeness (QED) is 0.610. The molecule has 0 spiro atoms. The van der Waals surface area contributed by atoms with Gasteiger partial charge in [-0.15, -0.1) is 0 Å². The molecule has 2 rings (SSSR count). The summed E-state index contributed by atoms with van der Waals surface area (Å²) in [6.07, 6.45) is 8.54. The van der Waals surface area contributed by atoms with Gasteiger partial charge < -0.3 is 15.4 Å². The van der Waals surface area contributed by atoms with Crippen molar-refractivity contribution in [2.75, 3.05) is 6.61 Å². The van der Waals surface area contributed by atoms with Crippen LogP contribution in [0.1, 0.15) is 26.2 Å². The number of carbonyl (C=O) groups is 2. The maximum atomic E-state index is 12.2. The smallest absolute Gasteiger partial charge is 0.338 e. The van der Waals surface area contributed by atoms with Crippen LogP contribution in [0.5, 0.6) is 0 Å². The van der Waals surface area contributed by atoms with Gasteiger partial charge in [0.25, 0.3) is 0 Å². The molecule has 0 saturated heterocycles. The van der Waals surface area contributed by atoms with Crippen LogP contribution in [0.25, 0.3) is 0 Å². The average Bonchev–Trinajstić information content (AvgIpc) is 2.45. The number of hydrogen-bond acceptors (Lipinski definition) is 3. The molecule has 2 N–H and O–H groups in total. The Morgan fingerprint density at radius 3 is 3.00 bits per heavy atom. The van der Waals surface area contributed by atoms with E-state index in [1.165, 1.54) is 6.08 Å². The summed E-state index contributed by atoms with van der Waals surface area (Å²) in [6, 6.07) is -0.548. The lowest BCUT2D eigenvalue weighted by Gasteiger charge is -2.34. The minimum Gasteiger partial charge on any atom is -0.458 e. The summed E-state index contributed by atoms with van der Waals surface area (Å²) in [5, 5.41) is 5.50. The number of amides is 2. The van der Waals surface area contributed by atoms with Gasteiger partial charge in [0.2, 0.25) is 0 Å². The minimum absolute atomic E-state index is 0.168. The van der Waals surface area contributed by atoms with Gasteiger partial charge in [-0.1, -0.05) is 24.8 Å². The van der Waals surface area contributed by atoms with Gasteiger partial charge >= 0.3 is 12.0 Å². The Hall–Kier alpha value is -2.04. The van der Waals surface area contributed by atoms with Crippen LogP contribution in [0, 0.1) is 5.92 Å². The highest BCUT2D eigenvalue weighted by Gasteiger charge is 2.35. The molecule has 1 heterocycles. The molecule has 2 aliphatic rings. The zero-order valence-corrected chi connectivity index (χ0v) is 11.6. The molecule has 2 atom stereocenters. The van der Waals surface area contributed by atoms with E-state index in [0.717, 1.165) is 19.3 Å². The van der Waals surface area contributed by atoms with Gasteiger partial charge in [-0.2, -0.15) is 0 Å². The zero-order chi connectivity index (χ0) is 14.5. The van der Waals surface area contributed by atoms with Crippen LogP contribution < -0.4 is 10.6 Å². The molecule has 108 valence electrons. The Kier molecular flexibility index (Phi) is 4.61. The number of allylic oxidation sites excluding steroid dienone is 3. The second-order valence-electron chi connectivity index (χ2n) is 5.05. The molecule has 5 heteroatoms. The summed E-state index contributed by atoms with van der Waals surface area (Å²) in [5.74, 6) is -0.165. The van der Waals surface area contributed by atoms with Crippen molar-refractivity contribution in [3.8, 4) is 0 Å². The first-order valence-corrected chi connectivity index (χ1v) is 6.84. The molecule has 2 amide bonds. The van der Waals surface area contributed by atoms with E-state index >= 15 is 0 Å². The Labute approximate surface area is 118 Å². The SMILES string of the molecule is C=CCOC(=O)C1=C(C)NC(=O)N[C@H]1[C@H]1CC=CCC1. The number of hydrogen-bond donors (Lipinski definition) is 2. The molecule has 0 aromatic carbocycles. The highest BCUT2D eigenvalue weighted by atomic mass is 16.5. The van der Waals surface area contributed by atoms with Crippen molar-refractivity contribution in [2.45, 2.75) is 32.2 Å². The number of rotatable bonds is 4. The predicted octanol–water partition coefficient (Wildman–Crippen LogP) is 2.03. The lowest BCUT2D eigenvalue weighted by Crippen LogP contribution is -2.53. The van der Waals surface area contributed by atoms with Gasteiger partial charge in [0.1, 0.15) is 6.61 Å². The van der Waals surface area contributed by atoms with E-state index in [1.54, 1.807) is 6.92 Å². The largest absolute Gasteiger partial charge is 0.458 e.